The third kappa shape index (κ3) is 2.90. The van der Waals surface area contributed by atoms with Crippen molar-refractivity contribution in [2.24, 2.45) is 5.73 Å². The maximum absolute atomic E-state index is 6.37. The number of halogens is 1. The zero-order chi connectivity index (χ0) is 15.0. The van der Waals surface area contributed by atoms with Crippen LogP contribution in [0.2, 0.25) is 0 Å². The molecule has 6 heteroatoms. The van der Waals surface area contributed by atoms with Crippen molar-refractivity contribution in [3.63, 3.8) is 0 Å². The standard InChI is InChI=1S/C17H18N4O.ClH/c18-17(10-4-5-11-17)16-20-15(22-21-16)14-9-8-13(19-14)12-6-2-1-3-7-12;/h1-3,6-9,19H,4-5,10-11,18H2;1H. The number of hydrogen-bond donors (Lipinski definition) is 2. The molecule has 0 bridgehead atoms. The van der Waals surface area contributed by atoms with Gasteiger partial charge in [0.15, 0.2) is 5.82 Å². The number of hydrogen-bond acceptors (Lipinski definition) is 4. The van der Waals surface area contributed by atoms with E-state index in [1.807, 2.05) is 30.3 Å². The highest BCUT2D eigenvalue weighted by atomic mass is 35.5. The summed E-state index contributed by atoms with van der Waals surface area (Å²) < 4.78 is 5.41. The lowest BCUT2D eigenvalue weighted by Crippen LogP contribution is -2.34. The van der Waals surface area contributed by atoms with E-state index in [0.29, 0.717) is 11.7 Å². The van der Waals surface area contributed by atoms with Crippen LogP contribution in [-0.2, 0) is 5.54 Å². The van der Waals surface area contributed by atoms with Crippen LogP contribution >= 0.6 is 12.4 Å². The van der Waals surface area contributed by atoms with Crippen molar-refractivity contribution in [2.75, 3.05) is 0 Å². The maximum Gasteiger partial charge on any atom is 0.274 e. The molecule has 0 saturated heterocycles. The number of benzene rings is 1. The molecule has 0 atom stereocenters. The topological polar surface area (TPSA) is 80.7 Å². The Balaban J connectivity index is 0.00000156. The fourth-order valence-corrected chi connectivity index (χ4v) is 3.07. The first-order valence-electron chi connectivity index (χ1n) is 7.62. The van der Waals surface area contributed by atoms with E-state index < -0.39 is 5.54 Å². The van der Waals surface area contributed by atoms with Gasteiger partial charge < -0.3 is 15.2 Å². The zero-order valence-corrected chi connectivity index (χ0v) is 13.5. The van der Waals surface area contributed by atoms with Crippen molar-refractivity contribution in [2.45, 2.75) is 31.2 Å². The lowest BCUT2D eigenvalue weighted by molar-refractivity contribution is 0.372. The van der Waals surface area contributed by atoms with Crippen molar-refractivity contribution in [3.05, 3.63) is 48.3 Å². The van der Waals surface area contributed by atoms with E-state index in [0.717, 1.165) is 42.6 Å². The molecule has 0 unspecified atom stereocenters. The smallest absolute Gasteiger partial charge is 0.274 e. The molecule has 0 spiro atoms. The summed E-state index contributed by atoms with van der Waals surface area (Å²) in [5, 5.41) is 4.10. The Kier molecular flexibility index (Phi) is 4.24. The second kappa shape index (κ2) is 6.18. The Morgan fingerprint density at radius 3 is 2.43 bits per heavy atom. The Bertz CT molecular complexity index is 775. The third-order valence-corrected chi connectivity index (χ3v) is 4.37. The molecule has 0 radical (unpaired) electrons. The molecule has 0 aliphatic heterocycles. The molecule has 120 valence electrons. The van der Waals surface area contributed by atoms with E-state index in [1.165, 1.54) is 0 Å². The largest absolute Gasteiger partial charge is 0.351 e. The summed E-state index contributed by atoms with van der Waals surface area (Å²) in [4.78, 5) is 7.83. The molecule has 1 aromatic carbocycles. The number of rotatable bonds is 3. The minimum Gasteiger partial charge on any atom is -0.351 e. The first-order chi connectivity index (χ1) is 10.7. The Hall–Kier alpha value is -2.11. The highest BCUT2D eigenvalue weighted by Crippen LogP contribution is 2.35. The molecule has 1 fully saturated rings. The Morgan fingerprint density at radius 2 is 1.70 bits per heavy atom. The normalized spacial score (nSPS) is 16.2. The molecule has 1 saturated carbocycles. The van der Waals surface area contributed by atoms with E-state index in [2.05, 4.69) is 27.3 Å². The van der Waals surface area contributed by atoms with E-state index >= 15 is 0 Å². The van der Waals surface area contributed by atoms with Gasteiger partial charge in [0, 0.05) is 5.69 Å². The highest BCUT2D eigenvalue weighted by Gasteiger charge is 2.36. The summed E-state index contributed by atoms with van der Waals surface area (Å²) in [6, 6.07) is 14.1. The van der Waals surface area contributed by atoms with Gasteiger partial charge in [-0.05, 0) is 30.5 Å². The molecule has 1 aliphatic rings. The monoisotopic (exact) mass is 330 g/mol. The molecule has 0 amide bonds. The first kappa shape index (κ1) is 15.8. The predicted molar refractivity (Wildman–Crippen MR) is 91.1 cm³/mol. The second-order valence-electron chi connectivity index (χ2n) is 5.94. The van der Waals surface area contributed by atoms with Gasteiger partial charge in [-0.3, -0.25) is 0 Å². The van der Waals surface area contributed by atoms with Crippen LogP contribution in [0.15, 0.2) is 47.0 Å². The van der Waals surface area contributed by atoms with Gasteiger partial charge >= 0.3 is 0 Å². The van der Waals surface area contributed by atoms with Gasteiger partial charge in [0.1, 0.15) is 5.69 Å². The molecule has 1 aliphatic carbocycles. The number of aromatic amines is 1. The first-order valence-corrected chi connectivity index (χ1v) is 7.62. The van der Waals surface area contributed by atoms with Crippen LogP contribution in [0, 0.1) is 0 Å². The molecule has 3 N–H and O–H groups in total. The Morgan fingerprint density at radius 1 is 1.00 bits per heavy atom. The summed E-state index contributed by atoms with van der Waals surface area (Å²) in [6.07, 6.45) is 4.10. The van der Waals surface area contributed by atoms with Crippen LogP contribution in [0.25, 0.3) is 22.8 Å². The third-order valence-electron chi connectivity index (χ3n) is 4.37. The number of aromatic nitrogens is 3. The van der Waals surface area contributed by atoms with Gasteiger partial charge in [0.25, 0.3) is 5.89 Å². The van der Waals surface area contributed by atoms with Crippen molar-refractivity contribution < 1.29 is 4.52 Å². The number of H-pyrrole nitrogens is 1. The van der Waals surface area contributed by atoms with Crippen LogP contribution in [0.1, 0.15) is 31.5 Å². The van der Waals surface area contributed by atoms with Crippen LogP contribution in [0.4, 0.5) is 0 Å². The van der Waals surface area contributed by atoms with Gasteiger partial charge in [0.2, 0.25) is 0 Å². The summed E-state index contributed by atoms with van der Waals surface area (Å²) in [7, 11) is 0. The minimum atomic E-state index is -0.420. The van der Waals surface area contributed by atoms with Crippen LogP contribution in [0.5, 0.6) is 0 Å². The molecule has 4 rings (SSSR count). The van der Waals surface area contributed by atoms with Gasteiger partial charge in [0.05, 0.1) is 5.54 Å². The maximum atomic E-state index is 6.37. The highest BCUT2D eigenvalue weighted by molar-refractivity contribution is 5.85. The SMILES string of the molecule is Cl.NC1(c2noc(-c3ccc(-c4ccccc4)[nH]3)n2)CCCC1. The summed E-state index contributed by atoms with van der Waals surface area (Å²) >= 11 is 0. The summed E-state index contributed by atoms with van der Waals surface area (Å²) in [5.74, 6) is 1.12. The molecule has 5 nitrogen and oxygen atoms in total. The average Bonchev–Trinajstić information content (AvgIpc) is 3.28. The summed E-state index contributed by atoms with van der Waals surface area (Å²) in [5.41, 5.74) is 8.92. The molecule has 2 aromatic heterocycles. The summed E-state index contributed by atoms with van der Waals surface area (Å²) in [6.45, 7) is 0. The number of nitrogens with two attached hydrogens (primary N) is 1. The van der Waals surface area contributed by atoms with Gasteiger partial charge in [-0.15, -0.1) is 12.4 Å². The average molecular weight is 331 g/mol. The zero-order valence-electron chi connectivity index (χ0n) is 12.7. The number of nitrogens with zero attached hydrogens (tertiary/aromatic N) is 2. The van der Waals surface area contributed by atoms with Crippen molar-refractivity contribution in [1.29, 1.82) is 0 Å². The fourth-order valence-electron chi connectivity index (χ4n) is 3.07. The molecule has 3 aromatic rings. The van der Waals surface area contributed by atoms with Gasteiger partial charge in [-0.2, -0.15) is 4.98 Å². The molecule has 23 heavy (non-hydrogen) atoms. The van der Waals surface area contributed by atoms with E-state index in [9.17, 15) is 0 Å². The molecule has 2 heterocycles. The fraction of sp³-hybridized carbons (Fsp3) is 0.294. The van der Waals surface area contributed by atoms with E-state index in [1.54, 1.807) is 0 Å². The van der Waals surface area contributed by atoms with Crippen molar-refractivity contribution >= 4 is 12.4 Å². The van der Waals surface area contributed by atoms with E-state index in [-0.39, 0.29) is 12.4 Å². The second-order valence-corrected chi connectivity index (χ2v) is 5.94. The van der Waals surface area contributed by atoms with Crippen LogP contribution < -0.4 is 5.73 Å². The van der Waals surface area contributed by atoms with Gasteiger partial charge in [-0.1, -0.05) is 48.3 Å². The quantitative estimate of drug-likeness (QED) is 0.763. The van der Waals surface area contributed by atoms with Crippen LogP contribution in [0.3, 0.4) is 0 Å². The lowest BCUT2D eigenvalue weighted by Gasteiger charge is -2.17. The van der Waals surface area contributed by atoms with E-state index in [4.69, 9.17) is 10.3 Å². The Labute approximate surface area is 140 Å². The lowest BCUT2D eigenvalue weighted by atomic mass is 9.99. The van der Waals surface area contributed by atoms with Crippen molar-refractivity contribution in [3.8, 4) is 22.8 Å². The van der Waals surface area contributed by atoms with Gasteiger partial charge in [-0.25, -0.2) is 0 Å². The van der Waals surface area contributed by atoms with Crippen molar-refractivity contribution in [1.82, 2.24) is 15.1 Å². The number of nitrogens with one attached hydrogen (secondary N) is 1. The molecular weight excluding hydrogens is 312 g/mol. The minimum absolute atomic E-state index is 0. The van der Waals surface area contributed by atoms with Crippen LogP contribution in [-0.4, -0.2) is 15.1 Å². The molecular formula is C17H19ClN4O. The predicted octanol–water partition coefficient (Wildman–Crippen LogP) is 3.88.